The number of unbranched alkanes of at least 4 members (excludes halogenated alkanes) is 6. The predicted octanol–water partition coefficient (Wildman–Crippen LogP) is 13.6. The Hall–Kier alpha value is -11.3. The summed E-state index contributed by atoms with van der Waals surface area (Å²) in [6.07, 6.45) is 16.8. The molecule has 2 aromatic heterocycles. The van der Waals surface area contributed by atoms with Gasteiger partial charge in [0.05, 0.1) is 0 Å². The average Bonchev–Trinajstić information content (AvgIpc) is 0.839. The smallest absolute Gasteiger partial charge is 0.341 e. The number of halogens is 3. The maximum Gasteiger partial charge on any atom is 0.341 e. The number of carbonyl (C=O) groups excluding carboxylic acids is 5. The maximum absolute atomic E-state index is 12.2. The van der Waals surface area contributed by atoms with Gasteiger partial charge in [-0.3, -0.25) is 39.7 Å². The van der Waals surface area contributed by atoms with Gasteiger partial charge in [0.2, 0.25) is 0 Å². The van der Waals surface area contributed by atoms with Gasteiger partial charge in [-0.1, -0.05) is 178 Å². The second-order valence-electron chi connectivity index (χ2n) is 24.5. The topological polar surface area (TPSA) is 464 Å². The fourth-order valence-corrected chi connectivity index (χ4v) is 10.1. The van der Waals surface area contributed by atoms with Gasteiger partial charge < -0.3 is 79.7 Å². The fourth-order valence-electron chi connectivity index (χ4n) is 9.67. The largest absolute Gasteiger partial charge is 0.484 e. The van der Waals surface area contributed by atoms with E-state index in [1.54, 1.807) is 6.26 Å². The minimum atomic E-state index is -0.952. The number of para-hydroxylation sites is 3. The molecule has 0 radical (unpaired) electrons. The number of amides is 5. The number of benzene rings is 7. The number of aromatic nitrogens is 4. The lowest BCUT2D eigenvalue weighted by Gasteiger charge is -2.08. The van der Waals surface area contributed by atoms with E-state index in [4.69, 9.17) is 87.1 Å². The number of aliphatic carboxylic acids is 1. The van der Waals surface area contributed by atoms with Crippen LogP contribution in [0.4, 0.5) is 40.3 Å². The monoisotopic (exact) mass is 1720 g/mol. The predicted molar refractivity (Wildman–Crippen MR) is 462 cm³/mol. The van der Waals surface area contributed by atoms with Gasteiger partial charge >= 0.3 is 5.97 Å². The first kappa shape index (κ1) is 94.1. The third-order valence-electron chi connectivity index (χ3n) is 15.5. The Morgan fingerprint density at radius 3 is 1.06 bits per heavy atom. The molecule has 0 saturated carbocycles. The summed E-state index contributed by atoms with van der Waals surface area (Å²) in [6.45, 7) is 5.21. The first-order chi connectivity index (χ1) is 54.0. The highest BCUT2D eigenvalue weighted by Gasteiger charge is 2.19. The highest BCUT2D eigenvalue weighted by molar-refractivity contribution is 14.0. The van der Waals surface area contributed by atoms with Crippen molar-refractivity contribution < 1.29 is 52.8 Å². The molecular formula is C81H100Cl2IN17O11S. The number of nitrogens with one attached hydrogen (secondary N) is 6. The SMILES string of the molecule is CCCCCc1ccc(OCC(=O)Nc2ccccc2)cc1.CCCCCc1ccc(OCC(=O)O)cc1.CSC(=N)NC(=O)c1nc(Cl)c(N)nc1N.I.NC(=NCCCCc1ccc(OCC(=O)Nc2ccccc2)cc1)NC(=O)c1nc(Cl)c(N)nc1N.NCCCCc1ccc(OCC(=O)Nc2ccccc2)cc1. The van der Waals surface area contributed by atoms with Crippen LogP contribution in [-0.4, -0.2) is 117 Å². The van der Waals surface area contributed by atoms with Crippen molar-refractivity contribution in [2.75, 3.05) is 84.7 Å². The lowest BCUT2D eigenvalue weighted by atomic mass is 10.1. The second kappa shape index (κ2) is 54.3. The number of thioether (sulfide) groups is 1. The Kier molecular flexibility index (Phi) is 45.2. The van der Waals surface area contributed by atoms with Crippen LogP contribution in [0, 0.1) is 5.41 Å². The van der Waals surface area contributed by atoms with Crippen molar-refractivity contribution in [3.05, 3.63) is 232 Å². The van der Waals surface area contributed by atoms with Gasteiger partial charge in [0.1, 0.15) is 23.0 Å². The molecule has 0 aliphatic carbocycles. The Bertz CT molecular complexity index is 4280. The molecule has 0 aliphatic rings. The van der Waals surface area contributed by atoms with Gasteiger partial charge in [-0.05, 0) is 184 Å². The van der Waals surface area contributed by atoms with Crippen LogP contribution >= 0.6 is 58.9 Å². The number of carboxylic acids is 1. The third-order valence-corrected chi connectivity index (χ3v) is 16.5. The van der Waals surface area contributed by atoms with Crippen LogP contribution in [-0.2, 0) is 44.9 Å². The normalized spacial score (nSPS) is 10.3. The molecule has 2 heterocycles. The Morgan fingerprint density at radius 2 is 0.752 bits per heavy atom. The summed E-state index contributed by atoms with van der Waals surface area (Å²) in [7, 11) is 0. The Labute approximate surface area is 690 Å². The lowest BCUT2D eigenvalue weighted by molar-refractivity contribution is -0.139. The van der Waals surface area contributed by atoms with Crippen molar-refractivity contribution in [3.8, 4) is 23.0 Å². The maximum atomic E-state index is 12.2. The highest BCUT2D eigenvalue weighted by atomic mass is 127. The Balaban J connectivity index is 0.000000308. The van der Waals surface area contributed by atoms with Crippen LogP contribution < -0.4 is 79.9 Å². The first-order valence-corrected chi connectivity index (χ1v) is 38.1. The molecule has 602 valence electrons. The number of nitrogens with zero attached hydrogens (tertiary/aromatic N) is 5. The van der Waals surface area contributed by atoms with Crippen LogP contribution in [0.15, 0.2) is 193 Å². The van der Waals surface area contributed by atoms with E-state index < -0.39 is 17.8 Å². The average molecular weight is 1720 g/mol. The minimum absolute atomic E-state index is 0. The number of hydrogen-bond acceptors (Lipinski definition) is 22. The molecule has 0 bridgehead atoms. The van der Waals surface area contributed by atoms with Crippen LogP contribution in [0.1, 0.15) is 121 Å². The number of nitrogens with two attached hydrogens (primary N) is 6. The summed E-state index contributed by atoms with van der Waals surface area (Å²) in [5.41, 5.74) is 40.1. The zero-order valence-corrected chi connectivity index (χ0v) is 68.0. The molecule has 32 heteroatoms. The number of rotatable bonds is 34. The number of ether oxygens (including phenoxy) is 4. The van der Waals surface area contributed by atoms with Crippen molar-refractivity contribution in [3.63, 3.8) is 0 Å². The van der Waals surface area contributed by atoms with Crippen molar-refractivity contribution in [1.29, 1.82) is 5.41 Å². The lowest BCUT2D eigenvalue weighted by Crippen LogP contribution is -2.38. The van der Waals surface area contributed by atoms with Crippen molar-refractivity contribution in [2.24, 2.45) is 16.5 Å². The summed E-state index contributed by atoms with van der Waals surface area (Å²) in [5, 5.41) is 28.5. The molecule has 0 atom stereocenters. The summed E-state index contributed by atoms with van der Waals surface area (Å²) >= 11 is 12.5. The van der Waals surface area contributed by atoms with Crippen molar-refractivity contribution >= 4 is 146 Å². The minimum Gasteiger partial charge on any atom is -0.484 e. The van der Waals surface area contributed by atoms with Crippen molar-refractivity contribution in [2.45, 2.75) is 104 Å². The van der Waals surface area contributed by atoms with Crippen LogP contribution in [0.2, 0.25) is 10.3 Å². The van der Waals surface area contributed by atoms with Crippen LogP contribution in [0.25, 0.3) is 0 Å². The molecule has 0 aliphatic heterocycles. The zero-order chi connectivity index (χ0) is 81.3. The quantitative estimate of drug-likeness (QED) is 0.00771. The van der Waals surface area contributed by atoms with Crippen LogP contribution in [0.5, 0.6) is 23.0 Å². The summed E-state index contributed by atoms with van der Waals surface area (Å²) < 4.78 is 21.6. The van der Waals surface area contributed by atoms with Crippen molar-refractivity contribution in [1.82, 2.24) is 30.6 Å². The number of hydrogen-bond donors (Lipinski definition) is 13. The molecule has 7 aromatic carbocycles. The van der Waals surface area contributed by atoms with E-state index in [9.17, 15) is 28.8 Å². The highest BCUT2D eigenvalue weighted by Crippen LogP contribution is 2.22. The molecular weight excluding hydrogens is 1620 g/mol. The molecule has 28 nitrogen and oxygen atoms in total. The molecule has 0 saturated heterocycles. The second-order valence-corrected chi connectivity index (χ2v) is 26.0. The van der Waals surface area contributed by atoms with E-state index >= 15 is 0 Å². The summed E-state index contributed by atoms with van der Waals surface area (Å²) in [5.74, 6) is -0.643. The fraction of sp³-hybridized carbons (Fsp3) is 0.284. The molecule has 0 spiro atoms. The molecule has 113 heavy (non-hydrogen) atoms. The molecule has 0 unspecified atom stereocenters. The Morgan fingerprint density at radius 1 is 0.442 bits per heavy atom. The van der Waals surface area contributed by atoms with Gasteiger partial charge in [-0.15, -0.1) is 24.0 Å². The number of aryl methyl sites for hydroxylation is 4. The van der Waals surface area contributed by atoms with E-state index in [2.05, 4.69) is 77.5 Å². The number of carbonyl (C=O) groups is 6. The molecule has 5 amide bonds. The number of nitrogen functional groups attached to an aromatic ring is 4. The molecule has 9 rings (SSSR count). The number of amidine groups is 1. The number of anilines is 7. The van der Waals surface area contributed by atoms with Crippen LogP contribution in [0.3, 0.4) is 0 Å². The van der Waals surface area contributed by atoms with Gasteiger partial charge in [-0.2, -0.15) is 0 Å². The molecule has 0 fully saturated rings. The first-order valence-electron chi connectivity index (χ1n) is 36.1. The third kappa shape index (κ3) is 39.4. The van der Waals surface area contributed by atoms with Gasteiger partial charge in [0, 0.05) is 23.6 Å². The standard InChI is InChI=1S/C24H27ClN8O3.C19H23NO2.C18H22N2O2.C13H18O3.C7H9ClN6OS.HI/c25-20-22(27)32-21(26)19(31-20)23(35)33-24(28)29-13-5-4-6-15-9-11-17(12-10-15)36-14-18(34)30-16-7-2-1-3-8-16;1-2-3-5-8-16-11-13-18(14-12-16)22-15-19(21)20-17-9-6-4-7-10-17;19-13-5-4-6-15-9-11-17(12-10-15)22-14-18(21)20-16-7-2-1-3-8-16;1-2-3-4-5-11-6-8-12(9-7-11)16-10-13(14)15;1-16-7(11)14-6(15)2-4(9)13-5(10)3(8)12-2;/h1-3,7-12H,4-6,13-14H2,(H,30,34)(H4,26,27,32)(H3,28,29,33,35);4,6-7,9-14H,2-3,5,8,15H2,1H3,(H,20,21);1-3,7-12H,4-6,13-14,19H2,(H,20,21);6-9H,2-5,10H2,1H3,(H,14,15);1H3,(H4,9,10,13)(H2,11,14,15);1H. The summed E-state index contributed by atoms with van der Waals surface area (Å²) in [6, 6.07) is 58.9. The van der Waals surface area contributed by atoms with E-state index in [0.29, 0.717) is 23.8 Å². The van der Waals surface area contributed by atoms with E-state index in [-0.39, 0.29) is 124 Å². The van der Waals surface area contributed by atoms with E-state index in [1.165, 1.54) is 55.2 Å². The number of aliphatic imine (C=N–C) groups is 1. The number of guanidine groups is 1. The molecule has 19 N–H and O–H groups in total. The van der Waals surface area contributed by atoms with Gasteiger partial charge in [0.15, 0.2) is 82.5 Å². The zero-order valence-electron chi connectivity index (χ0n) is 63.3. The molecule has 9 aromatic rings. The van der Waals surface area contributed by atoms with Gasteiger partial charge in [-0.25, -0.2) is 24.7 Å². The van der Waals surface area contributed by atoms with E-state index in [1.807, 2.05) is 176 Å². The van der Waals surface area contributed by atoms with Gasteiger partial charge in [0.25, 0.3) is 29.5 Å². The number of carboxylic acid groups (broad SMARTS) is 1. The van der Waals surface area contributed by atoms with E-state index in [0.717, 1.165) is 98.0 Å². The summed E-state index contributed by atoms with van der Waals surface area (Å²) in [4.78, 5) is 88.6.